The zero-order valence-electron chi connectivity index (χ0n) is 13.9. The average Bonchev–Trinajstić information content (AvgIpc) is 2.80. The van der Waals surface area contributed by atoms with E-state index in [1.54, 1.807) is 0 Å². The van der Waals surface area contributed by atoms with Crippen LogP contribution >= 0.6 is 0 Å². The topological polar surface area (TPSA) is 81.8 Å². The fourth-order valence-corrected chi connectivity index (χ4v) is 2.94. The SMILES string of the molecule is O=C(Cn1cccc(C(F)(F)F)c1=O)NCc1nnc2n1CCCCC2. The molecule has 1 aliphatic heterocycles. The van der Waals surface area contributed by atoms with Gasteiger partial charge in [-0.2, -0.15) is 13.2 Å². The molecule has 0 saturated carbocycles. The van der Waals surface area contributed by atoms with Gasteiger partial charge in [-0.1, -0.05) is 6.42 Å². The molecule has 3 rings (SSSR count). The molecule has 1 amide bonds. The van der Waals surface area contributed by atoms with Crippen LogP contribution in [0.15, 0.2) is 23.1 Å². The molecule has 26 heavy (non-hydrogen) atoms. The van der Waals surface area contributed by atoms with Gasteiger partial charge >= 0.3 is 6.18 Å². The summed E-state index contributed by atoms with van der Waals surface area (Å²) in [6.45, 7) is 0.393. The fraction of sp³-hybridized carbons (Fsp3) is 0.500. The first kappa shape index (κ1) is 18.2. The number of carbonyl (C=O) groups excluding carboxylic acids is 1. The summed E-state index contributed by atoms with van der Waals surface area (Å²) in [4.78, 5) is 23.9. The van der Waals surface area contributed by atoms with Crippen LogP contribution in [0.25, 0.3) is 0 Å². The number of alkyl halides is 3. The molecule has 2 aromatic rings. The minimum absolute atomic E-state index is 0.111. The van der Waals surface area contributed by atoms with Gasteiger partial charge in [-0.05, 0) is 25.0 Å². The molecular weight excluding hydrogens is 351 g/mol. The highest BCUT2D eigenvalue weighted by atomic mass is 19.4. The van der Waals surface area contributed by atoms with Crippen LogP contribution in [0.5, 0.6) is 0 Å². The van der Waals surface area contributed by atoms with Crippen LogP contribution in [0.3, 0.4) is 0 Å². The monoisotopic (exact) mass is 369 g/mol. The second kappa shape index (κ2) is 7.30. The lowest BCUT2D eigenvalue weighted by Gasteiger charge is -2.11. The molecule has 0 bridgehead atoms. The molecule has 0 spiro atoms. The average molecular weight is 369 g/mol. The Labute approximate surface area is 146 Å². The first-order valence-corrected chi connectivity index (χ1v) is 8.30. The zero-order chi connectivity index (χ0) is 18.7. The van der Waals surface area contributed by atoms with Gasteiger partial charge in [0.1, 0.15) is 17.9 Å². The summed E-state index contributed by atoms with van der Waals surface area (Å²) in [6, 6.07) is 1.79. The van der Waals surface area contributed by atoms with Crippen molar-refractivity contribution in [3.05, 3.63) is 45.9 Å². The number of nitrogens with zero attached hydrogens (tertiary/aromatic N) is 4. The van der Waals surface area contributed by atoms with E-state index in [0.29, 0.717) is 11.9 Å². The predicted octanol–water partition coefficient (Wildman–Crippen LogP) is 1.50. The standard InChI is InChI=1S/C16H18F3N5O2/c17-16(18,19)11-5-4-7-23(15(11)26)10-14(25)20-9-13-22-21-12-6-2-1-3-8-24(12)13/h4-5,7H,1-3,6,8-10H2,(H,20,25). The van der Waals surface area contributed by atoms with E-state index >= 15 is 0 Å². The van der Waals surface area contributed by atoms with Crippen molar-refractivity contribution in [3.8, 4) is 0 Å². The highest BCUT2D eigenvalue weighted by Gasteiger charge is 2.34. The molecule has 0 fully saturated rings. The molecule has 0 atom stereocenters. The molecule has 0 aromatic carbocycles. The minimum Gasteiger partial charge on any atom is -0.347 e. The third kappa shape index (κ3) is 3.94. The molecule has 0 radical (unpaired) electrons. The van der Waals surface area contributed by atoms with E-state index < -0.39 is 29.8 Å². The van der Waals surface area contributed by atoms with Gasteiger partial charge in [-0.25, -0.2) is 0 Å². The highest BCUT2D eigenvalue weighted by Crippen LogP contribution is 2.25. The van der Waals surface area contributed by atoms with Crippen molar-refractivity contribution < 1.29 is 18.0 Å². The Kier molecular flexibility index (Phi) is 5.10. The van der Waals surface area contributed by atoms with Gasteiger partial charge in [-0.15, -0.1) is 10.2 Å². The predicted molar refractivity (Wildman–Crippen MR) is 85.1 cm³/mol. The Morgan fingerprint density at radius 2 is 2.04 bits per heavy atom. The largest absolute Gasteiger partial charge is 0.421 e. The highest BCUT2D eigenvalue weighted by molar-refractivity contribution is 5.75. The van der Waals surface area contributed by atoms with Crippen LogP contribution in [-0.2, 0) is 37.0 Å². The van der Waals surface area contributed by atoms with Gasteiger partial charge in [0.15, 0.2) is 5.82 Å². The Bertz CT molecular complexity index is 856. The number of rotatable bonds is 4. The smallest absolute Gasteiger partial charge is 0.347 e. The van der Waals surface area contributed by atoms with Gasteiger partial charge in [-0.3, -0.25) is 9.59 Å². The van der Waals surface area contributed by atoms with Crippen molar-refractivity contribution in [2.75, 3.05) is 0 Å². The number of aryl methyl sites for hydroxylation is 1. The summed E-state index contributed by atoms with van der Waals surface area (Å²) in [5.74, 6) is 0.907. The van der Waals surface area contributed by atoms with Gasteiger partial charge in [0.25, 0.3) is 5.56 Å². The molecule has 10 heteroatoms. The van der Waals surface area contributed by atoms with Crippen LogP contribution in [0.4, 0.5) is 13.2 Å². The van der Waals surface area contributed by atoms with E-state index in [9.17, 15) is 22.8 Å². The van der Waals surface area contributed by atoms with E-state index in [2.05, 4.69) is 15.5 Å². The van der Waals surface area contributed by atoms with Gasteiger partial charge < -0.3 is 14.5 Å². The van der Waals surface area contributed by atoms with Crippen molar-refractivity contribution in [1.82, 2.24) is 24.6 Å². The van der Waals surface area contributed by atoms with Crippen LogP contribution in [0, 0.1) is 0 Å². The summed E-state index contributed by atoms with van der Waals surface area (Å²) < 4.78 is 41.0. The summed E-state index contributed by atoms with van der Waals surface area (Å²) >= 11 is 0. The number of fused-ring (bicyclic) bond motifs is 1. The summed E-state index contributed by atoms with van der Waals surface area (Å²) in [5.41, 5.74) is -2.54. The minimum atomic E-state index is -4.75. The van der Waals surface area contributed by atoms with E-state index in [1.807, 2.05) is 4.57 Å². The van der Waals surface area contributed by atoms with Gasteiger partial charge in [0.2, 0.25) is 5.91 Å². The second-order valence-electron chi connectivity index (χ2n) is 6.12. The van der Waals surface area contributed by atoms with Crippen molar-refractivity contribution in [3.63, 3.8) is 0 Å². The zero-order valence-corrected chi connectivity index (χ0v) is 13.9. The van der Waals surface area contributed by atoms with Crippen molar-refractivity contribution in [1.29, 1.82) is 0 Å². The second-order valence-corrected chi connectivity index (χ2v) is 6.12. The van der Waals surface area contributed by atoms with Crippen LogP contribution in [0.1, 0.15) is 36.5 Å². The number of nitrogens with one attached hydrogen (secondary N) is 1. The molecule has 0 unspecified atom stereocenters. The van der Waals surface area contributed by atoms with Crippen molar-refractivity contribution in [2.24, 2.45) is 0 Å². The molecule has 3 heterocycles. The Morgan fingerprint density at radius 3 is 2.81 bits per heavy atom. The van der Waals surface area contributed by atoms with E-state index in [0.717, 1.165) is 54.9 Å². The number of pyridine rings is 1. The third-order valence-corrected chi connectivity index (χ3v) is 4.27. The molecule has 0 aliphatic carbocycles. The normalized spacial score (nSPS) is 14.6. The molecule has 7 nitrogen and oxygen atoms in total. The molecule has 140 valence electrons. The van der Waals surface area contributed by atoms with Crippen LogP contribution in [0.2, 0.25) is 0 Å². The number of halogens is 3. The fourth-order valence-electron chi connectivity index (χ4n) is 2.94. The van der Waals surface area contributed by atoms with Crippen molar-refractivity contribution >= 4 is 5.91 Å². The number of hydrogen-bond acceptors (Lipinski definition) is 4. The van der Waals surface area contributed by atoms with E-state index in [1.165, 1.54) is 0 Å². The summed E-state index contributed by atoms with van der Waals surface area (Å²) in [7, 11) is 0. The number of hydrogen-bond donors (Lipinski definition) is 1. The maximum absolute atomic E-state index is 12.8. The summed E-state index contributed by atoms with van der Waals surface area (Å²) in [6.07, 6.45) is 0.388. The number of amides is 1. The lowest BCUT2D eigenvalue weighted by molar-refractivity contribution is -0.139. The Balaban J connectivity index is 1.66. The molecule has 0 saturated heterocycles. The maximum Gasteiger partial charge on any atom is 0.421 e. The Morgan fingerprint density at radius 1 is 1.23 bits per heavy atom. The maximum atomic E-state index is 12.8. The summed E-state index contributed by atoms with van der Waals surface area (Å²) in [5, 5.41) is 10.8. The van der Waals surface area contributed by atoms with E-state index in [-0.39, 0.29) is 6.54 Å². The lowest BCUT2D eigenvalue weighted by Crippen LogP contribution is -2.35. The lowest BCUT2D eigenvalue weighted by atomic mass is 10.2. The van der Waals surface area contributed by atoms with Gasteiger partial charge in [0, 0.05) is 19.2 Å². The molecule has 1 aliphatic rings. The first-order valence-electron chi connectivity index (χ1n) is 8.30. The molecule has 1 N–H and O–H groups in total. The van der Waals surface area contributed by atoms with Crippen LogP contribution in [-0.4, -0.2) is 25.2 Å². The number of aromatic nitrogens is 4. The number of carbonyl (C=O) groups is 1. The quantitative estimate of drug-likeness (QED) is 0.886. The molecular formula is C16H18F3N5O2. The van der Waals surface area contributed by atoms with Crippen LogP contribution < -0.4 is 10.9 Å². The third-order valence-electron chi connectivity index (χ3n) is 4.27. The molecule has 2 aromatic heterocycles. The Hall–Kier alpha value is -2.65. The van der Waals surface area contributed by atoms with E-state index in [4.69, 9.17) is 0 Å². The van der Waals surface area contributed by atoms with Crippen molar-refractivity contribution in [2.45, 2.75) is 51.5 Å². The first-order chi connectivity index (χ1) is 12.4. The van der Waals surface area contributed by atoms with Gasteiger partial charge in [0.05, 0.1) is 6.54 Å².